The predicted octanol–water partition coefficient (Wildman–Crippen LogP) is 2.85. The molecule has 1 aromatic heterocycles. The minimum Gasteiger partial charge on any atom is -0.356 e. The van der Waals surface area contributed by atoms with Crippen LogP contribution >= 0.6 is 24.0 Å². The number of rotatable bonds is 10. The molecule has 0 atom stereocenters. The summed E-state index contributed by atoms with van der Waals surface area (Å²) >= 11 is 0. The monoisotopic (exact) mass is 422 g/mol. The van der Waals surface area contributed by atoms with Crippen LogP contribution in [0.1, 0.15) is 57.7 Å². The summed E-state index contributed by atoms with van der Waals surface area (Å²) in [5.74, 6) is 1.72. The molecule has 1 aromatic rings. The van der Waals surface area contributed by atoms with Crippen LogP contribution in [0.3, 0.4) is 0 Å². The molecule has 1 rings (SSSR count). The third kappa shape index (κ3) is 9.22. The van der Waals surface area contributed by atoms with Gasteiger partial charge in [0.15, 0.2) is 5.96 Å². The first kappa shape index (κ1) is 21.1. The minimum atomic E-state index is 0. The molecule has 0 spiro atoms. The fraction of sp³-hybridized carbons (Fsp3) is 0.800. The Balaban J connectivity index is 0.00000441. The SMILES string of the molecule is CCCCCCCCCNC(=NC)NCc1ncnn1C.I. The zero-order chi connectivity index (χ0) is 15.3. The molecule has 22 heavy (non-hydrogen) atoms. The van der Waals surface area contributed by atoms with Gasteiger partial charge in [-0.3, -0.25) is 9.67 Å². The van der Waals surface area contributed by atoms with Crippen molar-refractivity contribution in [2.75, 3.05) is 13.6 Å². The minimum absolute atomic E-state index is 0. The number of nitrogens with zero attached hydrogens (tertiary/aromatic N) is 4. The van der Waals surface area contributed by atoms with Gasteiger partial charge >= 0.3 is 0 Å². The van der Waals surface area contributed by atoms with E-state index >= 15 is 0 Å². The highest BCUT2D eigenvalue weighted by atomic mass is 127. The molecular formula is C15H31IN6. The Labute approximate surface area is 151 Å². The standard InChI is InChI=1S/C15H30N6.HI/c1-4-5-6-7-8-9-10-11-17-15(16-2)18-12-14-19-13-20-21(14)3;/h13H,4-12H2,1-3H3,(H2,16,17,18);1H. The second-order valence-corrected chi connectivity index (χ2v) is 5.27. The molecule has 0 unspecified atom stereocenters. The largest absolute Gasteiger partial charge is 0.356 e. The van der Waals surface area contributed by atoms with Gasteiger partial charge in [0.1, 0.15) is 12.2 Å². The highest BCUT2D eigenvalue weighted by Crippen LogP contribution is 2.06. The van der Waals surface area contributed by atoms with E-state index in [1.807, 2.05) is 7.05 Å². The lowest BCUT2D eigenvalue weighted by Gasteiger charge is -2.11. The molecule has 0 radical (unpaired) electrons. The van der Waals surface area contributed by atoms with E-state index in [1.165, 1.54) is 44.9 Å². The van der Waals surface area contributed by atoms with Crippen molar-refractivity contribution in [3.05, 3.63) is 12.2 Å². The van der Waals surface area contributed by atoms with Crippen molar-refractivity contribution in [1.82, 2.24) is 25.4 Å². The normalized spacial score (nSPS) is 11.1. The Morgan fingerprint density at radius 2 is 1.82 bits per heavy atom. The second-order valence-electron chi connectivity index (χ2n) is 5.27. The van der Waals surface area contributed by atoms with Gasteiger partial charge in [0.25, 0.3) is 0 Å². The quantitative estimate of drug-likeness (QED) is 0.263. The van der Waals surface area contributed by atoms with Crippen LogP contribution in [0.15, 0.2) is 11.3 Å². The predicted molar refractivity (Wildman–Crippen MR) is 103 cm³/mol. The van der Waals surface area contributed by atoms with Crippen molar-refractivity contribution >= 4 is 29.9 Å². The van der Waals surface area contributed by atoms with Crippen LogP contribution in [-0.4, -0.2) is 34.3 Å². The molecule has 0 saturated heterocycles. The van der Waals surface area contributed by atoms with Crippen LogP contribution in [0.2, 0.25) is 0 Å². The molecule has 7 heteroatoms. The fourth-order valence-corrected chi connectivity index (χ4v) is 2.15. The van der Waals surface area contributed by atoms with Crippen LogP contribution in [0, 0.1) is 0 Å². The Hall–Kier alpha value is -0.860. The zero-order valence-electron chi connectivity index (χ0n) is 14.1. The fourth-order valence-electron chi connectivity index (χ4n) is 2.15. The molecule has 1 heterocycles. The number of aryl methyl sites for hydroxylation is 1. The van der Waals surface area contributed by atoms with Gasteiger partial charge in [-0.25, -0.2) is 4.98 Å². The number of guanidine groups is 1. The summed E-state index contributed by atoms with van der Waals surface area (Å²) in [6.07, 6.45) is 10.8. The summed E-state index contributed by atoms with van der Waals surface area (Å²) < 4.78 is 1.76. The van der Waals surface area contributed by atoms with E-state index in [0.29, 0.717) is 6.54 Å². The van der Waals surface area contributed by atoms with Crippen LogP contribution < -0.4 is 10.6 Å². The third-order valence-corrected chi connectivity index (χ3v) is 3.52. The van der Waals surface area contributed by atoms with Gasteiger partial charge in [-0.05, 0) is 6.42 Å². The van der Waals surface area contributed by atoms with Crippen molar-refractivity contribution in [2.45, 2.75) is 58.4 Å². The first-order chi connectivity index (χ1) is 10.3. The molecule has 0 aliphatic rings. The maximum Gasteiger partial charge on any atom is 0.191 e. The number of hydrogen-bond acceptors (Lipinski definition) is 3. The van der Waals surface area contributed by atoms with E-state index in [1.54, 1.807) is 18.1 Å². The number of hydrogen-bond donors (Lipinski definition) is 2. The maximum atomic E-state index is 4.21. The van der Waals surface area contributed by atoms with Gasteiger partial charge in [-0.2, -0.15) is 5.10 Å². The molecule has 0 saturated carbocycles. The Bertz CT molecular complexity index is 404. The molecule has 0 aromatic carbocycles. The lowest BCUT2D eigenvalue weighted by atomic mass is 10.1. The molecule has 2 N–H and O–H groups in total. The molecule has 128 valence electrons. The summed E-state index contributed by atoms with van der Waals surface area (Å²) in [7, 11) is 3.68. The van der Waals surface area contributed by atoms with Gasteiger partial charge < -0.3 is 10.6 Å². The van der Waals surface area contributed by atoms with E-state index in [9.17, 15) is 0 Å². The molecule has 0 aliphatic heterocycles. The number of aliphatic imine (C=N–C) groups is 1. The van der Waals surface area contributed by atoms with E-state index < -0.39 is 0 Å². The van der Waals surface area contributed by atoms with Gasteiger partial charge in [0.05, 0.1) is 6.54 Å². The maximum absolute atomic E-state index is 4.21. The van der Waals surface area contributed by atoms with Crippen molar-refractivity contribution in [3.63, 3.8) is 0 Å². The van der Waals surface area contributed by atoms with Crippen molar-refractivity contribution < 1.29 is 0 Å². The zero-order valence-corrected chi connectivity index (χ0v) is 16.5. The molecule has 0 bridgehead atoms. The van der Waals surface area contributed by atoms with Gasteiger partial charge in [0.2, 0.25) is 0 Å². The van der Waals surface area contributed by atoms with Crippen LogP contribution in [-0.2, 0) is 13.6 Å². The molecule has 0 fully saturated rings. The van der Waals surface area contributed by atoms with Gasteiger partial charge in [-0.15, -0.1) is 24.0 Å². The van der Waals surface area contributed by atoms with Crippen LogP contribution in [0.4, 0.5) is 0 Å². The summed E-state index contributed by atoms with van der Waals surface area (Å²) in [5, 5.41) is 10.6. The van der Waals surface area contributed by atoms with E-state index in [4.69, 9.17) is 0 Å². The van der Waals surface area contributed by atoms with Crippen LogP contribution in [0.5, 0.6) is 0 Å². The first-order valence-corrected chi connectivity index (χ1v) is 8.05. The van der Waals surface area contributed by atoms with Crippen molar-refractivity contribution in [2.24, 2.45) is 12.0 Å². The number of aromatic nitrogens is 3. The number of nitrogens with one attached hydrogen (secondary N) is 2. The molecule has 6 nitrogen and oxygen atoms in total. The molecule has 0 amide bonds. The van der Waals surface area contributed by atoms with E-state index in [0.717, 1.165) is 18.3 Å². The highest BCUT2D eigenvalue weighted by molar-refractivity contribution is 14.0. The average molecular weight is 422 g/mol. The molecular weight excluding hydrogens is 391 g/mol. The van der Waals surface area contributed by atoms with Gasteiger partial charge in [-0.1, -0.05) is 45.4 Å². The van der Waals surface area contributed by atoms with Crippen molar-refractivity contribution in [1.29, 1.82) is 0 Å². The Kier molecular flexibility index (Phi) is 13.2. The van der Waals surface area contributed by atoms with Gasteiger partial charge in [0, 0.05) is 20.6 Å². The van der Waals surface area contributed by atoms with Crippen LogP contribution in [0.25, 0.3) is 0 Å². The smallest absolute Gasteiger partial charge is 0.191 e. The van der Waals surface area contributed by atoms with Crippen molar-refractivity contribution in [3.8, 4) is 0 Å². The third-order valence-electron chi connectivity index (χ3n) is 3.52. The van der Waals surface area contributed by atoms with E-state index in [2.05, 4.69) is 32.6 Å². The Morgan fingerprint density at radius 1 is 1.14 bits per heavy atom. The van der Waals surface area contributed by atoms with E-state index in [-0.39, 0.29) is 24.0 Å². The summed E-state index contributed by atoms with van der Waals surface area (Å²) in [6.45, 7) is 3.85. The topological polar surface area (TPSA) is 67.1 Å². The second kappa shape index (κ2) is 13.8. The average Bonchev–Trinajstić information content (AvgIpc) is 2.90. The number of halogens is 1. The number of unbranched alkanes of at least 4 members (excludes halogenated alkanes) is 6. The lowest BCUT2D eigenvalue weighted by Crippen LogP contribution is -2.37. The summed E-state index contributed by atoms with van der Waals surface area (Å²) in [4.78, 5) is 8.39. The first-order valence-electron chi connectivity index (χ1n) is 8.05. The Morgan fingerprint density at radius 3 is 2.41 bits per heavy atom. The lowest BCUT2D eigenvalue weighted by molar-refractivity contribution is 0.583. The molecule has 0 aliphatic carbocycles. The highest BCUT2D eigenvalue weighted by Gasteiger charge is 2.02. The summed E-state index contributed by atoms with van der Waals surface area (Å²) in [5.41, 5.74) is 0. The summed E-state index contributed by atoms with van der Waals surface area (Å²) in [6, 6.07) is 0.